The van der Waals surface area contributed by atoms with Crippen molar-refractivity contribution in [1.82, 2.24) is 15.0 Å². The number of hydrogen-bond donors (Lipinski definition) is 1. The van der Waals surface area contributed by atoms with Gasteiger partial charge in [0.05, 0.1) is 0 Å². The van der Waals surface area contributed by atoms with E-state index in [0.717, 1.165) is 38.2 Å². The molecule has 0 saturated heterocycles. The molecule has 0 fully saturated rings. The number of nitrogens with zero attached hydrogens (tertiary/aromatic N) is 3. The van der Waals surface area contributed by atoms with E-state index in [-0.39, 0.29) is 5.41 Å². The van der Waals surface area contributed by atoms with Crippen LogP contribution in [0.5, 0.6) is 5.75 Å². The van der Waals surface area contributed by atoms with Crippen LogP contribution in [-0.4, -0.2) is 27.7 Å². The van der Waals surface area contributed by atoms with Crippen LogP contribution >= 0.6 is 0 Å². The van der Waals surface area contributed by atoms with Crippen LogP contribution in [0.15, 0.2) is 121 Å². The molecule has 8 rings (SSSR count). The molecule has 1 aromatic heterocycles. The second kappa shape index (κ2) is 10.1. The zero-order valence-corrected chi connectivity index (χ0v) is 24.3. The van der Waals surface area contributed by atoms with E-state index in [1.165, 1.54) is 22.3 Å². The predicted molar refractivity (Wildman–Crippen MR) is 177 cm³/mol. The molecular formula is C38H27BN3O2. The lowest BCUT2D eigenvalue weighted by atomic mass is 9.82. The van der Waals surface area contributed by atoms with Crippen molar-refractivity contribution in [2.24, 2.45) is 0 Å². The molecule has 0 atom stereocenters. The van der Waals surface area contributed by atoms with Crippen LogP contribution in [0.2, 0.25) is 0 Å². The molecular weight excluding hydrogens is 541 g/mol. The first-order valence-corrected chi connectivity index (χ1v) is 14.7. The van der Waals surface area contributed by atoms with Crippen molar-refractivity contribution < 1.29 is 9.68 Å². The van der Waals surface area contributed by atoms with Gasteiger partial charge in [-0.25, -0.2) is 15.0 Å². The van der Waals surface area contributed by atoms with Crippen molar-refractivity contribution >= 4 is 29.2 Å². The van der Waals surface area contributed by atoms with Gasteiger partial charge in [0.1, 0.15) is 5.75 Å². The molecule has 44 heavy (non-hydrogen) atoms. The van der Waals surface area contributed by atoms with Gasteiger partial charge in [-0.05, 0) is 55.9 Å². The molecule has 1 aliphatic carbocycles. The molecule has 5 nitrogen and oxygen atoms in total. The lowest BCUT2D eigenvalue weighted by Gasteiger charge is -2.21. The highest BCUT2D eigenvalue weighted by molar-refractivity contribution is 6.18. The third kappa shape index (κ3) is 4.10. The van der Waals surface area contributed by atoms with Gasteiger partial charge in [-0.1, -0.05) is 123 Å². The van der Waals surface area contributed by atoms with Crippen LogP contribution in [0.25, 0.3) is 66.8 Å². The summed E-state index contributed by atoms with van der Waals surface area (Å²) in [6.45, 7) is 4.57. The van der Waals surface area contributed by atoms with Crippen LogP contribution in [0, 0.1) is 0 Å². The Morgan fingerprint density at radius 2 is 1.23 bits per heavy atom. The van der Waals surface area contributed by atoms with E-state index < -0.39 is 0 Å². The van der Waals surface area contributed by atoms with Gasteiger partial charge in [0, 0.05) is 22.1 Å². The number of hydrogen-bond acceptors (Lipinski definition) is 5. The monoisotopic (exact) mass is 568 g/mol. The van der Waals surface area contributed by atoms with Crippen LogP contribution in [0.4, 0.5) is 0 Å². The summed E-state index contributed by atoms with van der Waals surface area (Å²) in [5.41, 5.74) is 7.69. The van der Waals surface area contributed by atoms with Gasteiger partial charge in [0.25, 0.3) is 0 Å². The van der Waals surface area contributed by atoms with Crippen LogP contribution in [0.1, 0.15) is 25.0 Å². The fourth-order valence-electron chi connectivity index (χ4n) is 6.67. The maximum Gasteiger partial charge on any atom is 0.569 e. The Balaban J connectivity index is 1.39. The lowest BCUT2D eigenvalue weighted by Crippen LogP contribution is -2.14. The third-order valence-corrected chi connectivity index (χ3v) is 8.80. The first-order chi connectivity index (χ1) is 21.5. The second-order valence-electron chi connectivity index (χ2n) is 11.6. The Kier molecular flexibility index (Phi) is 6.07. The van der Waals surface area contributed by atoms with Crippen molar-refractivity contribution in [3.05, 3.63) is 132 Å². The number of aromatic nitrogens is 3. The molecule has 1 N–H and O–H groups in total. The highest BCUT2D eigenvalue weighted by Gasteiger charge is 2.37. The van der Waals surface area contributed by atoms with Crippen LogP contribution in [-0.2, 0) is 5.41 Å². The fraction of sp³-hybridized carbons (Fsp3) is 0.0789. The van der Waals surface area contributed by atoms with Gasteiger partial charge in [-0.15, -0.1) is 0 Å². The Bertz CT molecular complexity index is 2230. The summed E-state index contributed by atoms with van der Waals surface area (Å²) >= 11 is 0. The van der Waals surface area contributed by atoms with Gasteiger partial charge in [0.2, 0.25) is 0 Å². The minimum atomic E-state index is -0.132. The average molecular weight is 568 g/mol. The fourth-order valence-corrected chi connectivity index (χ4v) is 6.67. The van der Waals surface area contributed by atoms with Crippen LogP contribution < -0.4 is 4.65 Å². The molecule has 0 unspecified atom stereocenters. The van der Waals surface area contributed by atoms with Crippen molar-refractivity contribution in [2.75, 3.05) is 0 Å². The first kappa shape index (κ1) is 26.3. The molecule has 1 radical (unpaired) electrons. The SMILES string of the molecule is CC1(C)c2ccccc2-c2c(-c3nc(-c4ccccc4)nc(-c4cccc5c4ccc4ccc(O[B]O)cc45)n3)cccc21. The van der Waals surface area contributed by atoms with Crippen molar-refractivity contribution in [3.8, 4) is 51.0 Å². The highest BCUT2D eigenvalue weighted by Crippen LogP contribution is 2.51. The molecule has 7 aromatic rings. The molecule has 6 aromatic carbocycles. The van der Waals surface area contributed by atoms with E-state index in [1.807, 2.05) is 54.6 Å². The Labute approximate surface area is 256 Å². The minimum absolute atomic E-state index is 0.132. The quantitative estimate of drug-likeness (QED) is 0.167. The Morgan fingerprint density at radius 3 is 2.07 bits per heavy atom. The van der Waals surface area contributed by atoms with E-state index in [4.69, 9.17) is 19.6 Å². The van der Waals surface area contributed by atoms with Gasteiger partial charge < -0.3 is 9.68 Å². The van der Waals surface area contributed by atoms with Crippen LogP contribution in [0.3, 0.4) is 0 Å². The van der Waals surface area contributed by atoms with E-state index in [1.54, 1.807) is 0 Å². The van der Waals surface area contributed by atoms with E-state index >= 15 is 0 Å². The molecule has 1 heterocycles. The van der Waals surface area contributed by atoms with Crippen molar-refractivity contribution in [3.63, 3.8) is 0 Å². The summed E-state index contributed by atoms with van der Waals surface area (Å²) in [6, 6.07) is 41.4. The molecule has 209 valence electrons. The third-order valence-electron chi connectivity index (χ3n) is 8.80. The van der Waals surface area contributed by atoms with E-state index in [2.05, 4.69) is 80.6 Å². The lowest BCUT2D eigenvalue weighted by molar-refractivity contribution is 0.454. The molecule has 1 aliphatic rings. The summed E-state index contributed by atoms with van der Waals surface area (Å²) in [5.74, 6) is 2.44. The molecule has 0 bridgehead atoms. The average Bonchev–Trinajstić information content (AvgIpc) is 3.31. The Hall–Kier alpha value is -5.33. The minimum Gasteiger partial charge on any atom is -0.537 e. The zero-order chi connectivity index (χ0) is 29.8. The zero-order valence-electron chi connectivity index (χ0n) is 24.3. The maximum absolute atomic E-state index is 9.21. The topological polar surface area (TPSA) is 68.1 Å². The standard InChI is InChI=1S/C38H27BN3O2/c1-38(2)32-16-7-6-12-29(32)34-30(15-9-17-33(34)38)37-41-35(24-10-4-3-5-11-24)40-36(42-37)28-14-8-13-26-27(28)21-19-23-18-20-25(44-39-43)22-31(23)26/h3-22,43H,1-2H3. The highest BCUT2D eigenvalue weighted by atomic mass is 16.5. The van der Waals surface area contributed by atoms with Gasteiger partial charge in [0.15, 0.2) is 17.5 Å². The Morgan fingerprint density at radius 1 is 0.568 bits per heavy atom. The first-order valence-electron chi connectivity index (χ1n) is 14.7. The molecule has 6 heteroatoms. The molecule has 0 saturated carbocycles. The smallest absolute Gasteiger partial charge is 0.537 e. The van der Waals surface area contributed by atoms with Crippen molar-refractivity contribution in [1.29, 1.82) is 0 Å². The molecule has 0 aliphatic heterocycles. The normalized spacial score (nSPS) is 13.1. The molecule has 0 amide bonds. The van der Waals surface area contributed by atoms with Gasteiger partial charge in [-0.2, -0.15) is 0 Å². The number of fused-ring (bicyclic) bond motifs is 6. The summed E-state index contributed by atoms with van der Waals surface area (Å²) in [6.07, 6.45) is 0. The van der Waals surface area contributed by atoms with Gasteiger partial charge >= 0.3 is 7.69 Å². The molecule has 0 spiro atoms. The predicted octanol–water partition coefficient (Wildman–Crippen LogP) is 8.39. The summed E-state index contributed by atoms with van der Waals surface area (Å²) in [5, 5.41) is 13.4. The largest absolute Gasteiger partial charge is 0.569 e. The second-order valence-corrected chi connectivity index (χ2v) is 11.6. The van der Waals surface area contributed by atoms with E-state index in [9.17, 15) is 5.02 Å². The summed E-state index contributed by atoms with van der Waals surface area (Å²) in [7, 11) is 0.703. The van der Waals surface area contributed by atoms with Gasteiger partial charge in [-0.3, -0.25) is 0 Å². The number of rotatable bonds is 5. The van der Waals surface area contributed by atoms with Crippen molar-refractivity contribution in [2.45, 2.75) is 19.3 Å². The number of benzene rings is 6. The summed E-state index contributed by atoms with van der Waals surface area (Å²) < 4.78 is 5.28. The van der Waals surface area contributed by atoms with E-state index in [0.29, 0.717) is 30.9 Å². The summed E-state index contributed by atoms with van der Waals surface area (Å²) in [4.78, 5) is 15.3. The maximum atomic E-state index is 9.21.